The molecule has 0 fully saturated rings. The van der Waals surface area contributed by atoms with Crippen molar-refractivity contribution in [3.8, 4) is 0 Å². The molecule has 84 valence electrons. The Morgan fingerprint density at radius 3 is 2.07 bits per heavy atom. The lowest BCUT2D eigenvalue weighted by Gasteiger charge is -2.02. The number of nitrogens with one attached hydrogen (secondary N) is 1. The molecule has 0 rings (SSSR count). The van der Waals surface area contributed by atoms with Crippen molar-refractivity contribution in [2.24, 2.45) is 0 Å². The van der Waals surface area contributed by atoms with Crippen molar-refractivity contribution in [2.45, 2.75) is 26.8 Å². The molecule has 0 heterocycles. The molecule has 6 heteroatoms. The van der Waals surface area contributed by atoms with Crippen LogP contribution in [0.25, 0.3) is 0 Å². The number of carbonyl (C=O) groups is 2. The lowest BCUT2D eigenvalue weighted by molar-refractivity contribution is -0.136. The number of aliphatic carboxylic acids is 1. The van der Waals surface area contributed by atoms with E-state index in [0.717, 1.165) is 0 Å². The molecule has 0 bridgehead atoms. The molecule has 0 aliphatic rings. The summed E-state index contributed by atoms with van der Waals surface area (Å²) in [4.78, 5) is 19.4. The molecule has 0 aromatic rings. The summed E-state index contributed by atoms with van der Waals surface area (Å²) < 4.78 is 4.17. The Bertz CT molecular complexity index is 173. The minimum atomic E-state index is -0.807. The molecule has 0 unspecified atom stereocenters. The van der Waals surface area contributed by atoms with Crippen molar-refractivity contribution in [3.05, 3.63) is 0 Å². The largest absolute Gasteiger partial charge is 0.480 e. The summed E-state index contributed by atoms with van der Waals surface area (Å²) in [6.45, 7) is 5.91. The fourth-order valence-electron chi connectivity index (χ4n) is 0.405. The van der Waals surface area contributed by atoms with Gasteiger partial charge in [0.25, 0.3) is 0 Å². The second kappa shape index (κ2) is 10.3. The Balaban J connectivity index is 0. The maximum atomic E-state index is 9.84. The van der Waals surface area contributed by atoms with Gasteiger partial charge in [-0.2, -0.15) is 0 Å². The summed E-state index contributed by atoms with van der Waals surface area (Å²) >= 11 is 4.72. The molecule has 14 heavy (non-hydrogen) atoms. The van der Waals surface area contributed by atoms with Gasteiger partial charge in [0.15, 0.2) is 0 Å². The highest BCUT2D eigenvalue weighted by Crippen LogP contribution is 1.82. The first-order chi connectivity index (χ1) is 6.40. The van der Waals surface area contributed by atoms with Crippen molar-refractivity contribution < 1.29 is 19.4 Å². The number of hydrogen-bond donors (Lipinski definition) is 2. The highest BCUT2D eigenvalue weighted by atomic mass is 35.5. The lowest BCUT2D eigenvalue weighted by atomic mass is 10.4. The Morgan fingerprint density at radius 2 is 2.00 bits per heavy atom. The summed E-state index contributed by atoms with van der Waals surface area (Å²) in [7, 11) is 0. The van der Waals surface area contributed by atoms with Crippen molar-refractivity contribution in [3.63, 3.8) is 0 Å². The Kier molecular flexibility index (Phi) is 11.5. The standard InChI is InChI=1S/C5H11NO2.C3H5ClO2/c1-4(2)6-3-5(7)8;1-2-6-3(4)5/h4,6H,3H2,1-2H3,(H,7,8);2H2,1H3. The van der Waals surface area contributed by atoms with Gasteiger partial charge in [-0.25, -0.2) is 4.79 Å². The number of carboxylic acid groups (broad SMARTS) is 1. The van der Waals surface area contributed by atoms with Gasteiger partial charge in [0.2, 0.25) is 0 Å². The van der Waals surface area contributed by atoms with Crippen molar-refractivity contribution >= 4 is 23.0 Å². The summed E-state index contributed by atoms with van der Waals surface area (Å²) in [5, 5.41) is 10.8. The SMILES string of the molecule is CC(C)NCC(=O)O.CCOC(=O)Cl. The third-order valence-electron chi connectivity index (χ3n) is 0.919. The summed E-state index contributed by atoms with van der Waals surface area (Å²) in [6, 6.07) is 0.256. The summed E-state index contributed by atoms with van der Waals surface area (Å²) in [6.07, 6.45) is 0. The minimum absolute atomic E-state index is 0.0532. The topological polar surface area (TPSA) is 75.6 Å². The first kappa shape index (κ1) is 15.7. The van der Waals surface area contributed by atoms with Crippen LogP contribution < -0.4 is 5.32 Å². The summed E-state index contributed by atoms with van der Waals surface area (Å²) in [5.74, 6) is -0.807. The third kappa shape index (κ3) is 22.5. The molecule has 0 saturated carbocycles. The van der Waals surface area contributed by atoms with E-state index in [1.54, 1.807) is 6.92 Å². The third-order valence-corrected chi connectivity index (χ3v) is 1.03. The number of carbonyl (C=O) groups excluding carboxylic acids is 1. The molecule has 0 aliphatic carbocycles. The van der Waals surface area contributed by atoms with Crippen LogP contribution in [0.4, 0.5) is 4.79 Å². The fourth-order valence-corrected chi connectivity index (χ4v) is 0.514. The van der Waals surface area contributed by atoms with Crippen LogP contribution in [0.3, 0.4) is 0 Å². The van der Waals surface area contributed by atoms with Gasteiger partial charge in [-0.1, -0.05) is 13.8 Å². The quantitative estimate of drug-likeness (QED) is 0.709. The predicted octanol–water partition coefficient (Wildman–Crippen LogP) is 1.45. The molecule has 2 N–H and O–H groups in total. The van der Waals surface area contributed by atoms with Crippen molar-refractivity contribution in [2.75, 3.05) is 13.2 Å². The zero-order valence-corrected chi connectivity index (χ0v) is 9.30. The van der Waals surface area contributed by atoms with E-state index in [-0.39, 0.29) is 12.6 Å². The maximum absolute atomic E-state index is 9.84. The van der Waals surface area contributed by atoms with Gasteiger partial charge >= 0.3 is 11.4 Å². The number of halogens is 1. The smallest absolute Gasteiger partial charge is 0.403 e. The molecule has 0 atom stereocenters. The van der Waals surface area contributed by atoms with Crippen LogP contribution in [0.5, 0.6) is 0 Å². The van der Waals surface area contributed by atoms with Crippen molar-refractivity contribution in [1.29, 1.82) is 0 Å². The van der Waals surface area contributed by atoms with Crippen LogP contribution in [0.15, 0.2) is 0 Å². The van der Waals surface area contributed by atoms with Crippen molar-refractivity contribution in [1.82, 2.24) is 5.32 Å². The first-order valence-corrected chi connectivity index (χ1v) is 4.55. The second-order valence-corrected chi connectivity index (χ2v) is 2.91. The highest BCUT2D eigenvalue weighted by Gasteiger charge is 1.95. The van der Waals surface area contributed by atoms with Crippen LogP contribution in [0.1, 0.15) is 20.8 Å². The predicted molar refractivity (Wildman–Crippen MR) is 53.6 cm³/mol. The van der Waals surface area contributed by atoms with Crippen LogP contribution in [0.2, 0.25) is 0 Å². The van der Waals surface area contributed by atoms with E-state index >= 15 is 0 Å². The molecule has 0 radical (unpaired) electrons. The Labute approximate surface area is 88.4 Å². The molecule has 0 aromatic heterocycles. The van der Waals surface area contributed by atoms with E-state index in [1.807, 2.05) is 13.8 Å². The van der Waals surface area contributed by atoms with Gasteiger partial charge in [-0.15, -0.1) is 0 Å². The maximum Gasteiger partial charge on any atom is 0.403 e. The number of ether oxygens (including phenoxy) is 1. The van der Waals surface area contributed by atoms with Gasteiger partial charge in [0.05, 0.1) is 13.2 Å². The van der Waals surface area contributed by atoms with E-state index in [2.05, 4.69) is 10.1 Å². The van der Waals surface area contributed by atoms with Gasteiger partial charge < -0.3 is 15.2 Å². The van der Waals surface area contributed by atoms with Gasteiger partial charge in [0.1, 0.15) is 0 Å². The Hall–Kier alpha value is -0.810. The molecule has 0 saturated heterocycles. The number of hydrogen-bond acceptors (Lipinski definition) is 4. The molecule has 0 aromatic carbocycles. The van der Waals surface area contributed by atoms with Gasteiger partial charge in [0, 0.05) is 17.6 Å². The average molecular weight is 226 g/mol. The van der Waals surface area contributed by atoms with Crippen LogP contribution >= 0.6 is 11.6 Å². The van der Waals surface area contributed by atoms with Crippen LogP contribution in [-0.4, -0.2) is 35.7 Å². The van der Waals surface area contributed by atoms with Crippen LogP contribution in [0, 0.1) is 0 Å². The fraction of sp³-hybridized carbons (Fsp3) is 0.750. The highest BCUT2D eigenvalue weighted by molar-refractivity contribution is 6.61. The van der Waals surface area contributed by atoms with Crippen LogP contribution in [-0.2, 0) is 9.53 Å². The van der Waals surface area contributed by atoms with Gasteiger partial charge in [-0.05, 0) is 6.92 Å². The summed E-state index contributed by atoms with van der Waals surface area (Å²) in [5.41, 5.74) is -0.738. The number of rotatable bonds is 4. The zero-order chi connectivity index (χ0) is 11.6. The second-order valence-electron chi connectivity index (χ2n) is 2.60. The van der Waals surface area contributed by atoms with E-state index < -0.39 is 11.4 Å². The molecule has 0 spiro atoms. The normalized spacial score (nSPS) is 8.93. The van der Waals surface area contributed by atoms with E-state index in [4.69, 9.17) is 16.7 Å². The molecular formula is C8H16ClNO4. The number of carboxylic acids is 1. The van der Waals surface area contributed by atoms with E-state index in [0.29, 0.717) is 6.61 Å². The molecular weight excluding hydrogens is 210 g/mol. The minimum Gasteiger partial charge on any atom is -0.480 e. The average Bonchev–Trinajstić information content (AvgIpc) is 2.01. The molecule has 0 aliphatic heterocycles. The first-order valence-electron chi connectivity index (χ1n) is 4.17. The molecule has 5 nitrogen and oxygen atoms in total. The monoisotopic (exact) mass is 225 g/mol. The van der Waals surface area contributed by atoms with Gasteiger partial charge in [-0.3, -0.25) is 4.79 Å². The lowest BCUT2D eigenvalue weighted by Crippen LogP contribution is -2.28. The molecule has 0 amide bonds. The van der Waals surface area contributed by atoms with E-state index in [9.17, 15) is 9.59 Å². The zero-order valence-electron chi connectivity index (χ0n) is 8.54. The van der Waals surface area contributed by atoms with E-state index in [1.165, 1.54) is 0 Å². The Morgan fingerprint density at radius 1 is 1.50 bits per heavy atom.